The molecule has 0 spiro atoms. The first kappa shape index (κ1) is 40.0. The molecule has 57 heavy (non-hydrogen) atoms. The van der Waals surface area contributed by atoms with Gasteiger partial charge in [0.1, 0.15) is 6.61 Å². The van der Waals surface area contributed by atoms with E-state index in [2.05, 4.69) is 89.3 Å². The van der Waals surface area contributed by atoms with Gasteiger partial charge in [0.15, 0.2) is 0 Å². The number of nitrogens with zero attached hydrogens (tertiary/aromatic N) is 2. The zero-order valence-electron chi connectivity index (χ0n) is 32.8. The highest BCUT2D eigenvalue weighted by atomic mass is 16.5. The summed E-state index contributed by atoms with van der Waals surface area (Å²) < 4.78 is 5.38. The number of alkyl carbamates (subject to hydrolysis) is 1. The normalized spacial score (nSPS) is 11.1. The first-order valence-electron chi connectivity index (χ1n) is 18.9. The second-order valence-corrected chi connectivity index (χ2v) is 15.1. The summed E-state index contributed by atoms with van der Waals surface area (Å²) in [6.07, 6.45) is 6.87. The SMILES string of the molecule is Cc1cc(CNCc2ccc(C(=O)Nc3cccnc3)cc2)cc(Cc2cncc(NC(=O)c3ccc(CNC(=O)OCc4ccc(C(C)(C)C)cc4)cc3)c2)c1. The highest BCUT2D eigenvalue weighted by Crippen LogP contribution is 2.23. The fourth-order valence-corrected chi connectivity index (χ4v) is 6.26. The molecule has 0 saturated carbocycles. The highest BCUT2D eigenvalue weighted by Gasteiger charge is 2.14. The monoisotopic (exact) mass is 760 g/mol. The zero-order chi connectivity index (χ0) is 40.2. The summed E-state index contributed by atoms with van der Waals surface area (Å²) in [4.78, 5) is 46.4. The van der Waals surface area contributed by atoms with E-state index in [0.29, 0.717) is 42.0 Å². The molecule has 3 amide bonds. The van der Waals surface area contributed by atoms with Gasteiger partial charge in [0.2, 0.25) is 0 Å². The average Bonchev–Trinajstić information content (AvgIpc) is 3.20. The van der Waals surface area contributed by atoms with Crippen LogP contribution in [0.4, 0.5) is 16.2 Å². The van der Waals surface area contributed by atoms with Gasteiger partial charge < -0.3 is 26.0 Å². The molecular weight excluding hydrogens is 713 g/mol. The number of nitrogens with one attached hydrogen (secondary N) is 4. The van der Waals surface area contributed by atoms with Crippen LogP contribution < -0.4 is 21.3 Å². The Kier molecular flexibility index (Phi) is 13.2. The number of aromatic nitrogens is 2. The lowest BCUT2D eigenvalue weighted by Crippen LogP contribution is -2.23. The molecule has 0 bridgehead atoms. The molecule has 0 aliphatic carbocycles. The number of hydrogen-bond acceptors (Lipinski definition) is 7. The number of ether oxygens (including phenoxy) is 1. The van der Waals surface area contributed by atoms with Crippen LogP contribution in [0.2, 0.25) is 0 Å². The summed E-state index contributed by atoms with van der Waals surface area (Å²) in [5.41, 5.74) is 10.9. The predicted octanol–water partition coefficient (Wildman–Crippen LogP) is 8.89. The van der Waals surface area contributed by atoms with E-state index in [1.807, 2.05) is 48.7 Å². The maximum absolute atomic E-state index is 13.1. The fraction of sp³-hybridized carbons (Fsp3) is 0.213. The number of rotatable bonds is 14. The third kappa shape index (κ3) is 12.2. The van der Waals surface area contributed by atoms with Crippen LogP contribution >= 0.6 is 0 Å². The second-order valence-electron chi connectivity index (χ2n) is 15.1. The van der Waals surface area contributed by atoms with Gasteiger partial charge in [-0.3, -0.25) is 19.6 Å². The molecule has 0 atom stereocenters. The minimum absolute atomic E-state index is 0.0620. The van der Waals surface area contributed by atoms with Crippen molar-refractivity contribution >= 4 is 29.3 Å². The number of amides is 3. The zero-order valence-corrected chi connectivity index (χ0v) is 32.8. The van der Waals surface area contributed by atoms with Crippen LogP contribution in [0, 0.1) is 6.92 Å². The number of carbonyl (C=O) groups excluding carboxylic acids is 3. The molecule has 0 aliphatic rings. The first-order chi connectivity index (χ1) is 27.5. The van der Waals surface area contributed by atoms with E-state index < -0.39 is 6.09 Å². The van der Waals surface area contributed by atoms with Gasteiger partial charge in [-0.15, -0.1) is 0 Å². The second kappa shape index (κ2) is 18.8. The third-order valence-electron chi connectivity index (χ3n) is 9.29. The molecule has 2 aromatic heterocycles. The van der Waals surface area contributed by atoms with Crippen LogP contribution in [0.5, 0.6) is 0 Å². The molecule has 290 valence electrons. The molecule has 0 radical (unpaired) electrons. The van der Waals surface area contributed by atoms with Gasteiger partial charge >= 0.3 is 6.09 Å². The molecule has 0 fully saturated rings. The molecule has 4 aromatic carbocycles. The van der Waals surface area contributed by atoms with Crippen molar-refractivity contribution < 1.29 is 19.1 Å². The summed E-state index contributed by atoms with van der Waals surface area (Å²) in [6, 6.07) is 34.7. The lowest BCUT2D eigenvalue weighted by Gasteiger charge is -2.19. The van der Waals surface area contributed by atoms with Gasteiger partial charge in [0.05, 0.1) is 23.8 Å². The smallest absolute Gasteiger partial charge is 0.407 e. The maximum atomic E-state index is 13.1. The third-order valence-corrected chi connectivity index (χ3v) is 9.29. The molecule has 6 rings (SSSR count). The van der Waals surface area contributed by atoms with E-state index in [4.69, 9.17) is 4.74 Å². The van der Waals surface area contributed by atoms with Gasteiger partial charge in [0, 0.05) is 43.2 Å². The molecule has 2 heterocycles. The molecule has 0 unspecified atom stereocenters. The van der Waals surface area contributed by atoms with Crippen LogP contribution in [0.1, 0.15) is 86.0 Å². The Bertz CT molecular complexity index is 2290. The number of hydrogen-bond donors (Lipinski definition) is 4. The minimum Gasteiger partial charge on any atom is -0.445 e. The Morgan fingerprint density at radius 3 is 1.84 bits per heavy atom. The summed E-state index contributed by atoms with van der Waals surface area (Å²) in [5.74, 6) is -0.430. The first-order valence-corrected chi connectivity index (χ1v) is 18.9. The Morgan fingerprint density at radius 1 is 0.596 bits per heavy atom. The average molecular weight is 761 g/mol. The molecular formula is C47H48N6O4. The maximum Gasteiger partial charge on any atom is 0.407 e. The Labute approximate surface area is 334 Å². The van der Waals surface area contributed by atoms with Crippen LogP contribution in [0.25, 0.3) is 0 Å². The molecule has 10 heteroatoms. The van der Waals surface area contributed by atoms with E-state index in [9.17, 15) is 14.4 Å². The topological polar surface area (TPSA) is 134 Å². The van der Waals surface area contributed by atoms with E-state index in [-0.39, 0.29) is 30.4 Å². The van der Waals surface area contributed by atoms with Crippen molar-refractivity contribution in [3.05, 3.63) is 190 Å². The number of carbonyl (C=O) groups is 3. The largest absolute Gasteiger partial charge is 0.445 e. The van der Waals surface area contributed by atoms with Gasteiger partial charge in [-0.1, -0.05) is 93.1 Å². The number of anilines is 2. The molecule has 0 aliphatic heterocycles. The Balaban J connectivity index is 0.946. The van der Waals surface area contributed by atoms with Gasteiger partial charge in [-0.25, -0.2) is 4.79 Å². The summed E-state index contributed by atoms with van der Waals surface area (Å²) in [6.45, 7) is 10.3. The number of aryl methyl sites for hydroxylation is 1. The van der Waals surface area contributed by atoms with Crippen molar-refractivity contribution in [1.29, 1.82) is 0 Å². The number of pyridine rings is 2. The van der Waals surface area contributed by atoms with Crippen LogP contribution in [-0.2, 0) is 42.8 Å². The molecule has 0 saturated heterocycles. The standard InChI is InChI=1S/C47H48N6O4/c1-32-20-36(22-37(21-32)26-49-25-33-7-13-39(14-8-33)44(54)52-42-6-5-19-48-29-42)23-38-24-43(30-50-27-38)53-45(55)40-15-9-34(10-16-40)28-51-46(56)57-31-35-11-17-41(18-12-35)47(2,3)4/h5-22,24,27,29-30,49H,23,25-26,28,31H2,1-4H3,(H,51,56)(H,52,54)(H,53,55). The fourth-order valence-electron chi connectivity index (χ4n) is 6.26. The lowest BCUT2D eigenvalue weighted by molar-refractivity contribution is 0.101. The Hall–Kier alpha value is -6.65. The molecule has 6 aromatic rings. The van der Waals surface area contributed by atoms with Gasteiger partial charge in [-0.05, 0) is 100 Å². The summed E-state index contributed by atoms with van der Waals surface area (Å²) >= 11 is 0. The van der Waals surface area contributed by atoms with Crippen molar-refractivity contribution in [3.63, 3.8) is 0 Å². The van der Waals surface area contributed by atoms with Crippen LogP contribution in [-0.4, -0.2) is 27.9 Å². The van der Waals surface area contributed by atoms with Gasteiger partial charge in [-0.2, -0.15) is 0 Å². The highest BCUT2D eigenvalue weighted by molar-refractivity contribution is 6.04. The van der Waals surface area contributed by atoms with E-state index in [1.54, 1.807) is 55.0 Å². The van der Waals surface area contributed by atoms with Crippen molar-refractivity contribution in [2.75, 3.05) is 10.6 Å². The predicted molar refractivity (Wildman–Crippen MR) is 224 cm³/mol. The van der Waals surface area contributed by atoms with E-state index in [0.717, 1.165) is 38.9 Å². The minimum atomic E-state index is -0.507. The van der Waals surface area contributed by atoms with Crippen molar-refractivity contribution in [2.24, 2.45) is 0 Å². The lowest BCUT2D eigenvalue weighted by atomic mass is 9.87. The summed E-state index contributed by atoms with van der Waals surface area (Å²) in [5, 5.41) is 12.1. The quantitative estimate of drug-likeness (QED) is 0.0872. The summed E-state index contributed by atoms with van der Waals surface area (Å²) in [7, 11) is 0. The Morgan fingerprint density at radius 2 is 1.19 bits per heavy atom. The molecule has 10 nitrogen and oxygen atoms in total. The molecule has 4 N–H and O–H groups in total. The van der Waals surface area contributed by atoms with Crippen molar-refractivity contribution in [2.45, 2.75) is 65.8 Å². The van der Waals surface area contributed by atoms with Gasteiger partial charge in [0.25, 0.3) is 11.8 Å². The van der Waals surface area contributed by atoms with Crippen LogP contribution in [0.15, 0.2) is 134 Å². The van der Waals surface area contributed by atoms with Crippen molar-refractivity contribution in [1.82, 2.24) is 20.6 Å². The van der Waals surface area contributed by atoms with Crippen LogP contribution in [0.3, 0.4) is 0 Å². The van der Waals surface area contributed by atoms with Crippen molar-refractivity contribution in [3.8, 4) is 0 Å². The van der Waals surface area contributed by atoms with E-state index >= 15 is 0 Å². The van der Waals surface area contributed by atoms with E-state index in [1.165, 1.54) is 5.56 Å². The number of benzene rings is 4.